The van der Waals surface area contributed by atoms with E-state index < -0.39 is 0 Å². The van der Waals surface area contributed by atoms with Crippen molar-refractivity contribution < 1.29 is 9.21 Å². The van der Waals surface area contributed by atoms with E-state index in [4.69, 9.17) is 4.42 Å². The van der Waals surface area contributed by atoms with E-state index in [2.05, 4.69) is 4.98 Å². The van der Waals surface area contributed by atoms with E-state index in [1.54, 1.807) is 0 Å². The highest BCUT2D eigenvalue weighted by Crippen LogP contribution is 2.28. The third kappa shape index (κ3) is 1.93. The first-order valence-corrected chi connectivity index (χ1v) is 6.09. The molecule has 1 aromatic rings. The Morgan fingerprint density at radius 1 is 1.20 bits per heavy atom. The molecular weight excluding hydrogens is 256 g/mol. The number of benzene rings is 2. The maximum Gasteiger partial charge on any atom is 0.183 e. The summed E-state index contributed by atoms with van der Waals surface area (Å²) in [5.74, 6) is 0.322. The van der Waals surface area contributed by atoms with Gasteiger partial charge in [0.15, 0.2) is 23.1 Å². The predicted molar refractivity (Wildman–Crippen MR) is 76.6 cm³/mol. The van der Waals surface area contributed by atoms with Crippen LogP contribution in [0, 0.1) is 0 Å². The summed E-state index contributed by atoms with van der Waals surface area (Å²) in [4.78, 5) is 28.9. The summed E-state index contributed by atoms with van der Waals surface area (Å²) in [5.41, 5.74) is 2.57. The molecule has 0 saturated carbocycles. The number of carbonyl (C=O) groups is 1. The van der Waals surface area contributed by atoms with Gasteiger partial charge in [0.25, 0.3) is 0 Å². The average molecular weight is 268 g/mol. The predicted octanol–water partition coefficient (Wildman–Crippen LogP) is 2.17. The van der Waals surface area contributed by atoms with Crippen molar-refractivity contribution in [3.63, 3.8) is 0 Å². The molecule has 1 aliphatic heterocycles. The fourth-order valence-electron chi connectivity index (χ4n) is 2.08. The molecule has 0 unspecified atom stereocenters. The summed E-state index contributed by atoms with van der Waals surface area (Å²) < 4.78 is 5.71. The molecule has 1 heterocycles. The normalized spacial score (nSPS) is 10.9. The second kappa shape index (κ2) is 4.45. The molecule has 20 heavy (non-hydrogen) atoms. The third-order valence-electron chi connectivity index (χ3n) is 3.12. The highest BCUT2D eigenvalue weighted by atomic mass is 16.3. The first-order chi connectivity index (χ1) is 9.58. The Kier molecular flexibility index (Phi) is 2.75. The van der Waals surface area contributed by atoms with Crippen molar-refractivity contribution in [2.45, 2.75) is 0 Å². The van der Waals surface area contributed by atoms with Gasteiger partial charge < -0.3 is 9.32 Å². The lowest BCUT2D eigenvalue weighted by Crippen LogP contribution is -2.08. The summed E-state index contributed by atoms with van der Waals surface area (Å²) >= 11 is 0. The van der Waals surface area contributed by atoms with Gasteiger partial charge in [-0.05, 0) is 18.2 Å². The largest absolute Gasteiger partial charge is 0.453 e. The Hall–Kier alpha value is -2.69. The molecule has 0 aromatic heterocycles. The van der Waals surface area contributed by atoms with Crippen LogP contribution < -0.4 is 10.3 Å². The van der Waals surface area contributed by atoms with Gasteiger partial charge in [-0.3, -0.25) is 9.59 Å². The standard InChI is InChI=1S/C15H12N2O3/c1-17(2)10-3-4-12-13(6-10)20-14-7-11(19)5-9(8-18)15(14)16-12/h3-8H,1-2H3. The van der Waals surface area contributed by atoms with Gasteiger partial charge >= 0.3 is 0 Å². The molecule has 0 atom stereocenters. The Labute approximate surface area is 114 Å². The Morgan fingerprint density at radius 2 is 2.00 bits per heavy atom. The zero-order chi connectivity index (χ0) is 14.3. The van der Waals surface area contributed by atoms with Gasteiger partial charge in [0.2, 0.25) is 0 Å². The molecule has 0 saturated heterocycles. The molecule has 0 bridgehead atoms. The molecule has 0 radical (unpaired) electrons. The van der Waals surface area contributed by atoms with E-state index in [1.165, 1.54) is 12.1 Å². The van der Waals surface area contributed by atoms with Gasteiger partial charge in [0.05, 0.1) is 0 Å². The van der Waals surface area contributed by atoms with Crippen LogP contribution >= 0.6 is 0 Å². The number of hydrogen-bond donors (Lipinski definition) is 0. The lowest BCUT2D eigenvalue weighted by Gasteiger charge is -2.13. The van der Waals surface area contributed by atoms with Crippen molar-refractivity contribution in [1.82, 2.24) is 4.98 Å². The van der Waals surface area contributed by atoms with Crippen molar-refractivity contribution in [1.29, 1.82) is 0 Å². The van der Waals surface area contributed by atoms with E-state index in [9.17, 15) is 9.59 Å². The van der Waals surface area contributed by atoms with Crippen LogP contribution in [0.5, 0.6) is 0 Å². The third-order valence-corrected chi connectivity index (χ3v) is 3.12. The van der Waals surface area contributed by atoms with Gasteiger partial charge in [-0.15, -0.1) is 0 Å². The molecule has 100 valence electrons. The molecule has 0 spiro atoms. The van der Waals surface area contributed by atoms with Crippen molar-refractivity contribution in [3.8, 4) is 11.5 Å². The number of aromatic nitrogens is 1. The Morgan fingerprint density at radius 3 is 2.70 bits per heavy atom. The number of aldehydes is 1. The minimum absolute atomic E-state index is 0.245. The average Bonchev–Trinajstić information content (AvgIpc) is 2.43. The van der Waals surface area contributed by atoms with Crippen LogP contribution in [0.2, 0.25) is 0 Å². The van der Waals surface area contributed by atoms with Crippen LogP contribution in [0.3, 0.4) is 0 Å². The van der Waals surface area contributed by atoms with Gasteiger partial charge in [0.1, 0.15) is 11.2 Å². The molecule has 1 aromatic carbocycles. The quantitative estimate of drug-likeness (QED) is 0.526. The molecule has 2 aliphatic rings. The highest BCUT2D eigenvalue weighted by Gasteiger charge is 2.15. The Balaban J connectivity index is 2.37. The monoisotopic (exact) mass is 268 g/mol. The van der Waals surface area contributed by atoms with E-state index in [0.29, 0.717) is 28.8 Å². The van der Waals surface area contributed by atoms with Crippen LogP contribution in [-0.4, -0.2) is 25.4 Å². The van der Waals surface area contributed by atoms with Crippen molar-refractivity contribution in [3.05, 3.63) is 46.1 Å². The molecule has 0 fully saturated rings. The maximum atomic E-state index is 11.5. The van der Waals surface area contributed by atoms with E-state index in [-0.39, 0.29) is 11.0 Å². The topological polar surface area (TPSA) is 63.4 Å². The van der Waals surface area contributed by atoms with Gasteiger partial charge in [0, 0.05) is 37.5 Å². The first-order valence-electron chi connectivity index (χ1n) is 6.09. The van der Waals surface area contributed by atoms with Crippen LogP contribution in [0.1, 0.15) is 10.4 Å². The fourth-order valence-corrected chi connectivity index (χ4v) is 2.08. The van der Waals surface area contributed by atoms with E-state index >= 15 is 0 Å². The summed E-state index contributed by atoms with van der Waals surface area (Å²) in [6, 6.07) is 8.20. The van der Waals surface area contributed by atoms with Gasteiger partial charge in [-0.25, -0.2) is 4.98 Å². The number of hydrogen-bond acceptors (Lipinski definition) is 5. The van der Waals surface area contributed by atoms with E-state index in [1.807, 2.05) is 37.2 Å². The second-order valence-electron chi connectivity index (χ2n) is 4.74. The minimum atomic E-state index is -0.270. The van der Waals surface area contributed by atoms with Crippen molar-refractivity contribution in [2.24, 2.45) is 0 Å². The van der Waals surface area contributed by atoms with Crippen molar-refractivity contribution in [2.75, 3.05) is 19.0 Å². The smallest absolute Gasteiger partial charge is 0.183 e. The number of carbonyl (C=O) groups excluding carboxylic acids is 1. The summed E-state index contributed by atoms with van der Waals surface area (Å²) in [6.07, 6.45) is 0.617. The SMILES string of the molecule is CN(C)c1ccc2nc3c(C=O)cc(=O)cc-3oc2c1. The summed E-state index contributed by atoms with van der Waals surface area (Å²) in [5, 5.41) is 0. The number of fused-ring (bicyclic) bond motifs is 2. The summed E-state index contributed by atoms with van der Waals surface area (Å²) in [6.45, 7) is 0. The zero-order valence-corrected chi connectivity index (χ0v) is 11.1. The molecule has 3 rings (SSSR count). The molecule has 1 aliphatic carbocycles. The van der Waals surface area contributed by atoms with E-state index in [0.717, 1.165) is 5.69 Å². The molecular formula is C15H12N2O3. The molecule has 5 heteroatoms. The molecule has 0 amide bonds. The van der Waals surface area contributed by atoms with Crippen molar-refractivity contribution >= 4 is 23.1 Å². The van der Waals surface area contributed by atoms with Crippen LogP contribution in [0.4, 0.5) is 5.69 Å². The number of rotatable bonds is 2. The van der Waals surface area contributed by atoms with Crippen LogP contribution in [0.25, 0.3) is 22.6 Å². The number of anilines is 1. The maximum absolute atomic E-state index is 11.5. The fraction of sp³-hybridized carbons (Fsp3) is 0.133. The van der Waals surface area contributed by atoms with Crippen LogP contribution in [0.15, 0.2) is 39.5 Å². The minimum Gasteiger partial charge on any atom is -0.453 e. The van der Waals surface area contributed by atoms with Crippen LogP contribution in [-0.2, 0) is 0 Å². The zero-order valence-electron chi connectivity index (χ0n) is 11.1. The lowest BCUT2D eigenvalue weighted by molar-refractivity contribution is 0.112. The first kappa shape index (κ1) is 12.3. The summed E-state index contributed by atoms with van der Waals surface area (Å²) in [7, 11) is 3.85. The lowest BCUT2D eigenvalue weighted by atomic mass is 10.1. The van der Waals surface area contributed by atoms with Gasteiger partial charge in [-0.1, -0.05) is 0 Å². The highest BCUT2D eigenvalue weighted by molar-refractivity contribution is 5.88. The Bertz CT molecular complexity index is 836. The second-order valence-corrected chi connectivity index (χ2v) is 4.74. The molecule has 5 nitrogen and oxygen atoms in total. The van der Waals surface area contributed by atoms with Gasteiger partial charge in [-0.2, -0.15) is 0 Å². The number of nitrogens with zero attached hydrogens (tertiary/aromatic N) is 2. The molecule has 0 N–H and O–H groups in total.